The van der Waals surface area contributed by atoms with Crippen LogP contribution in [0.4, 0.5) is 0 Å². The predicted octanol–water partition coefficient (Wildman–Crippen LogP) is 3.29. The highest BCUT2D eigenvalue weighted by Crippen LogP contribution is 2.24. The minimum Gasteiger partial charge on any atom is -0.456 e. The number of carbonyl (C=O) groups is 1. The van der Waals surface area contributed by atoms with E-state index >= 15 is 0 Å². The van der Waals surface area contributed by atoms with E-state index in [1.54, 1.807) is 6.07 Å². The Morgan fingerprint density at radius 3 is 2.81 bits per heavy atom. The Kier molecular flexibility index (Phi) is 3.28. The fraction of sp³-hybridized carbons (Fsp3) is 0.0588. The Morgan fingerprint density at radius 2 is 2.00 bits per heavy atom. The van der Waals surface area contributed by atoms with Gasteiger partial charge in [0.25, 0.3) is 0 Å². The van der Waals surface area contributed by atoms with Gasteiger partial charge in [-0.1, -0.05) is 43.0 Å². The van der Waals surface area contributed by atoms with Gasteiger partial charge in [-0.25, -0.2) is 4.79 Å². The highest BCUT2D eigenvalue weighted by atomic mass is 16.5. The van der Waals surface area contributed by atoms with Crippen molar-refractivity contribution >= 4 is 27.7 Å². The van der Waals surface area contributed by atoms with Gasteiger partial charge in [-0.3, -0.25) is 4.79 Å². The molecule has 0 radical (unpaired) electrons. The summed E-state index contributed by atoms with van der Waals surface area (Å²) in [7, 11) is 0. The molecule has 0 aliphatic heterocycles. The van der Waals surface area contributed by atoms with Crippen molar-refractivity contribution in [2.75, 3.05) is 6.61 Å². The number of carbonyl (C=O) groups excluding carboxylic acids is 1. The Labute approximate surface area is 120 Å². The molecule has 3 aromatic rings. The molecular weight excluding hydrogens is 268 g/mol. The SMILES string of the molecule is C=CCOC(=O)c1cc(=O)c2ccc3ccccc3c2o1. The van der Waals surface area contributed by atoms with Crippen molar-refractivity contribution in [1.82, 2.24) is 0 Å². The van der Waals surface area contributed by atoms with Crippen LogP contribution in [-0.4, -0.2) is 12.6 Å². The van der Waals surface area contributed by atoms with Crippen LogP contribution in [-0.2, 0) is 4.74 Å². The van der Waals surface area contributed by atoms with Crippen LogP contribution in [0.1, 0.15) is 10.6 Å². The van der Waals surface area contributed by atoms with Crippen LogP contribution in [0.5, 0.6) is 0 Å². The van der Waals surface area contributed by atoms with E-state index in [1.165, 1.54) is 6.08 Å². The van der Waals surface area contributed by atoms with Crippen LogP contribution in [0.2, 0.25) is 0 Å². The second kappa shape index (κ2) is 5.25. The van der Waals surface area contributed by atoms with Crippen molar-refractivity contribution in [2.24, 2.45) is 0 Å². The number of rotatable bonds is 3. The predicted molar refractivity (Wildman–Crippen MR) is 80.5 cm³/mol. The molecule has 0 fully saturated rings. The second-order valence-corrected chi connectivity index (χ2v) is 4.53. The van der Waals surface area contributed by atoms with E-state index in [4.69, 9.17) is 9.15 Å². The van der Waals surface area contributed by atoms with Gasteiger partial charge >= 0.3 is 5.97 Å². The number of ether oxygens (including phenoxy) is 1. The molecule has 0 aliphatic carbocycles. The first-order valence-electron chi connectivity index (χ1n) is 6.44. The minimum atomic E-state index is -0.679. The van der Waals surface area contributed by atoms with E-state index in [1.807, 2.05) is 30.3 Å². The van der Waals surface area contributed by atoms with E-state index in [0.29, 0.717) is 11.0 Å². The molecule has 21 heavy (non-hydrogen) atoms. The zero-order valence-corrected chi connectivity index (χ0v) is 11.2. The van der Waals surface area contributed by atoms with E-state index in [9.17, 15) is 9.59 Å². The van der Waals surface area contributed by atoms with Crippen LogP contribution in [0.25, 0.3) is 21.7 Å². The Bertz CT molecular complexity index is 905. The van der Waals surface area contributed by atoms with Crippen molar-refractivity contribution in [2.45, 2.75) is 0 Å². The number of hydrogen-bond donors (Lipinski definition) is 0. The average molecular weight is 280 g/mol. The maximum atomic E-state index is 12.1. The lowest BCUT2D eigenvalue weighted by Gasteiger charge is -2.05. The first-order chi connectivity index (χ1) is 10.2. The minimum absolute atomic E-state index is 0.0656. The molecule has 0 saturated carbocycles. The van der Waals surface area contributed by atoms with Crippen molar-refractivity contribution in [3.63, 3.8) is 0 Å². The molecule has 0 spiro atoms. The van der Waals surface area contributed by atoms with Crippen LogP contribution in [0, 0.1) is 0 Å². The van der Waals surface area contributed by atoms with Gasteiger partial charge in [0.1, 0.15) is 12.2 Å². The normalized spacial score (nSPS) is 10.7. The first kappa shape index (κ1) is 13.1. The standard InChI is InChI=1S/C17H12O4/c1-2-9-20-17(19)15-10-14(18)13-8-7-11-5-3-4-6-12(11)16(13)21-15/h2-8,10H,1,9H2. The molecule has 4 heteroatoms. The summed E-state index contributed by atoms with van der Waals surface area (Å²) in [4.78, 5) is 24.0. The average Bonchev–Trinajstić information content (AvgIpc) is 2.52. The highest BCUT2D eigenvalue weighted by Gasteiger charge is 2.14. The topological polar surface area (TPSA) is 56.5 Å². The van der Waals surface area contributed by atoms with Crippen LogP contribution in [0.15, 0.2) is 64.3 Å². The van der Waals surface area contributed by atoms with Crippen molar-refractivity contribution in [1.29, 1.82) is 0 Å². The van der Waals surface area contributed by atoms with Gasteiger partial charge in [0.05, 0.1) is 5.39 Å². The van der Waals surface area contributed by atoms with Gasteiger partial charge in [0.2, 0.25) is 5.76 Å². The zero-order chi connectivity index (χ0) is 14.8. The fourth-order valence-corrected chi connectivity index (χ4v) is 2.19. The highest BCUT2D eigenvalue weighted by molar-refractivity contribution is 6.04. The fourth-order valence-electron chi connectivity index (χ4n) is 2.19. The van der Waals surface area contributed by atoms with Gasteiger partial charge in [-0.15, -0.1) is 0 Å². The summed E-state index contributed by atoms with van der Waals surface area (Å²) in [5.41, 5.74) is 0.124. The number of esters is 1. The largest absolute Gasteiger partial charge is 0.456 e. The second-order valence-electron chi connectivity index (χ2n) is 4.53. The molecular formula is C17H12O4. The number of hydrogen-bond acceptors (Lipinski definition) is 4. The first-order valence-corrected chi connectivity index (χ1v) is 6.44. The quantitative estimate of drug-likeness (QED) is 0.419. The lowest BCUT2D eigenvalue weighted by atomic mass is 10.1. The maximum Gasteiger partial charge on any atom is 0.374 e. The summed E-state index contributed by atoms with van der Waals surface area (Å²) in [5.74, 6) is -0.785. The zero-order valence-electron chi connectivity index (χ0n) is 11.2. The summed E-state index contributed by atoms with van der Waals surface area (Å²) < 4.78 is 10.5. The smallest absolute Gasteiger partial charge is 0.374 e. The monoisotopic (exact) mass is 280 g/mol. The third-order valence-electron chi connectivity index (χ3n) is 3.15. The molecule has 0 aliphatic rings. The van der Waals surface area contributed by atoms with Crippen molar-refractivity contribution in [3.8, 4) is 0 Å². The van der Waals surface area contributed by atoms with E-state index in [-0.39, 0.29) is 17.8 Å². The molecule has 0 unspecified atom stereocenters. The Hall–Kier alpha value is -2.88. The van der Waals surface area contributed by atoms with E-state index in [2.05, 4.69) is 6.58 Å². The molecule has 0 saturated heterocycles. The summed E-state index contributed by atoms with van der Waals surface area (Å²) in [5, 5.41) is 2.16. The molecule has 1 aromatic heterocycles. The molecule has 0 amide bonds. The molecule has 3 rings (SSSR count). The summed E-state index contributed by atoms with van der Waals surface area (Å²) >= 11 is 0. The maximum absolute atomic E-state index is 12.1. The number of benzene rings is 2. The van der Waals surface area contributed by atoms with Gasteiger partial charge in [-0.2, -0.15) is 0 Å². The van der Waals surface area contributed by atoms with Crippen molar-refractivity contribution in [3.05, 3.63) is 71.1 Å². The molecule has 0 N–H and O–H groups in total. The molecule has 2 aromatic carbocycles. The third kappa shape index (κ3) is 2.31. The number of fused-ring (bicyclic) bond motifs is 3. The summed E-state index contributed by atoms with van der Waals surface area (Å²) in [6, 6.07) is 12.2. The molecule has 0 atom stereocenters. The van der Waals surface area contributed by atoms with Gasteiger partial charge in [-0.05, 0) is 11.5 Å². The lowest BCUT2D eigenvalue weighted by Crippen LogP contribution is -2.10. The molecule has 1 heterocycles. The van der Waals surface area contributed by atoms with E-state index in [0.717, 1.165) is 16.8 Å². The molecule has 4 nitrogen and oxygen atoms in total. The van der Waals surface area contributed by atoms with Crippen LogP contribution < -0.4 is 5.43 Å². The molecule has 104 valence electrons. The van der Waals surface area contributed by atoms with Gasteiger partial charge < -0.3 is 9.15 Å². The van der Waals surface area contributed by atoms with Crippen LogP contribution in [0.3, 0.4) is 0 Å². The lowest BCUT2D eigenvalue weighted by molar-refractivity contribution is 0.0514. The summed E-state index contributed by atoms with van der Waals surface area (Å²) in [6.45, 7) is 3.53. The summed E-state index contributed by atoms with van der Waals surface area (Å²) in [6.07, 6.45) is 1.45. The molecule has 0 bridgehead atoms. The Morgan fingerprint density at radius 1 is 1.19 bits per heavy atom. The third-order valence-corrected chi connectivity index (χ3v) is 3.15. The van der Waals surface area contributed by atoms with Crippen molar-refractivity contribution < 1.29 is 13.9 Å². The van der Waals surface area contributed by atoms with Gasteiger partial charge in [0, 0.05) is 11.5 Å². The van der Waals surface area contributed by atoms with Gasteiger partial charge in [0.15, 0.2) is 5.43 Å². The van der Waals surface area contributed by atoms with Crippen LogP contribution >= 0.6 is 0 Å². The Balaban J connectivity index is 2.26. The van der Waals surface area contributed by atoms with E-state index < -0.39 is 5.97 Å².